The van der Waals surface area contributed by atoms with Crippen molar-refractivity contribution in [2.45, 2.75) is 19.9 Å². The summed E-state index contributed by atoms with van der Waals surface area (Å²) in [6.45, 7) is 4.45. The van der Waals surface area contributed by atoms with Crippen LogP contribution in [0, 0.1) is 5.92 Å². The second-order valence-electron chi connectivity index (χ2n) is 6.62. The molecule has 1 amide bonds. The summed E-state index contributed by atoms with van der Waals surface area (Å²) in [5, 5.41) is 10.8. The van der Waals surface area contributed by atoms with Gasteiger partial charge in [0.05, 0.1) is 11.6 Å². The van der Waals surface area contributed by atoms with Crippen molar-refractivity contribution in [1.29, 1.82) is 0 Å². The Morgan fingerprint density at radius 3 is 2.12 bits per heavy atom. The fourth-order valence-electron chi connectivity index (χ4n) is 3.20. The summed E-state index contributed by atoms with van der Waals surface area (Å²) in [6.07, 6.45) is 0. The number of Topliss-reactive ketones (excluding diaryl/α,β-unsaturated/α-hetero) is 1. The van der Waals surface area contributed by atoms with Gasteiger partial charge in [-0.3, -0.25) is 9.59 Å². The van der Waals surface area contributed by atoms with Crippen LogP contribution in [0.2, 0.25) is 0 Å². The Bertz CT molecular complexity index is 810. The van der Waals surface area contributed by atoms with Crippen molar-refractivity contribution in [3.8, 4) is 0 Å². The molecule has 4 heteroatoms. The molecule has 128 valence electrons. The molecule has 2 aromatic rings. The van der Waals surface area contributed by atoms with Crippen LogP contribution in [0.1, 0.15) is 31.0 Å². The second kappa shape index (κ2) is 6.93. The molecule has 2 aromatic carbocycles. The van der Waals surface area contributed by atoms with Gasteiger partial charge in [-0.2, -0.15) is 0 Å². The lowest BCUT2D eigenvalue weighted by Gasteiger charge is -2.26. The van der Waals surface area contributed by atoms with Crippen LogP contribution in [0.4, 0.5) is 0 Å². The number of carbonyl (C=O) groups is 2. The molecule has 1 N–H and O–H groups in total. The van der Waals surface area contributed by atoms with E-state index in [2.05, 4.69) is 0 Å². The Morgan fingerprint density at radius 2 is 1.56 bits per heavy atom. The third-order valence-corrected chi connectivity index (χ3v) is 4.26. The molecule has 1 saturated heterocycles. The minimum Gasteiger partial charge on any atom is -0.507 e. The molecule has 0 radical (unpaired) electrons. The van der Waals surface area contributed by atoms with Crippen molar-refractivity contribution in [2.75, 3.05) is 6.54 Å². The molecule has 1 unspecified atom stereocenters. The fraction of sp³-hybridized carbons (Fsp3) is 0.238. The number of ketones is 1. The Balaban J connectivity index is 2.18. The van der Waals surface area contributed by atoms with E-state index < -0.39 is 17.7 Å². The topological polar surface area (TPSA) is 57.6 Å². The van der Waals surface area contributed by atoms with Gasteiger partial charge in [0.1, 0.15) is 5.76 Å². The molecule has 0 saturated carbocycles. The Hall–Kier alpha value is -2.88. The number of aliphatic hydroxyl groups excluding tert-OH is 1. The normalized spacial score (nSPS) is 19.6. The van der Waals surface area contributed by atoms with Crippen molar-refractivity contribution < 1.29 is 14.7 Å². The number of hydrogen-bond donors (Lipinski definition) is 1. The summed E-state index contributed by atoms with van der Waals surface area (Å²) >= 11 is 0. The molecule has 0 aromatic heterocycles. The summed E-state index contributed by atoms with van der Waals surface area (Å²) in [5.41, 5.74) is 1.51. The highest BCUT2D eigenvalue weighted by molar-refractivity contribution is 6.46. The third kappa shape index (κ3) is 3.20. The van der Waals surface area contributed by atoms with Crippen molar-refractivity contribution >= 4 is 17.4 Å². The lowest BCUT2D eigenvalue weighted by molar-refractivity contribution is -0.140. The van der Waals surface area contributed by atoms with Crippen LogP contribution < -0.4 is 0 Å². The average molecular weight is 335 g/mol. The van der Waals surface area contributed by atoms with Gasteiger partial charge in [0, 0.05) is 12.1 Å². The van der Waals surface area contributed by atoms with E-state index in [1.165, 1.54) is 0 Å². The van der Waals surface area contributed by atoms with Gasteiger partial charge in [-0.05, 0) is 11.5 Å². The number of aliphatic hydroxyl groups is 1. The first kappa shape index (κ1) is 17.0. The maximum atomic E-state index is 12.7. The maximum absolute atomic E-state index is 12.7. The first-order valence-electron chi connectivity index (χ1n) is 8.39. The number of benzene rings is 2. The number of likely N-dealkylation sites (tertiary alicyclic amines) is 1. The number of hydrogen-bond acceptors (Lipinski definition) is 3. The fourth-order valence-corrected chi connectivity index (χ4v) is 3.20. The first-order valence-corrected chi connectivity index (χ1v) is 8.39. The molecule has 1 heterocycles. The molecule has 4 nitrogen and oxygen atoms in total. The van der Waals surface area contributed by atoms with Gasteiger partial charge in [-0.25, -0.2) is 0 Å². The highest BCUT2D eigenvalue weighted by atomic mass is 16.3. The van der Waals surface area contributed by atoms with Crippen LogP contribution in [0.25, 0.3) is 5.76 Å². The predicted molar refractivity (Wildman–Crippen MR) is 96.7 cm³/mol. The smallest absolute Gasteiger partial charge is 0.295 e. The van der Waals surface area contributed by atoms with Gasteiger partial charge >= 0.3 is 0 Å². The van der Waals surface area contributed by atoms with Gasteiger partial charge in [-0.15, -0.1) is 0 Å². The van der Waals surface area contributed by atoms with E-state index in [-0.39, 0.29) is 17.3 Å². The number of nitrogens with zero attached hydrogens (tertiary/aromatic N) is 1. The number of rotatable bonds is 4. The monoisotopic (exact) mass is 335 g/mol. The van der Waals surface area contributed by atoms with E-state index in [9.17, 15) is 14.7 Å². The molecular formula is C21H21NO3. The molecule has 25 heavy (non-hydrogen) atoms. The van der Waals surface area contributed by atoms with Crippen LogP contribution in [0.3, 0.4) is 0 Å². The SMILES string of the molecule is CC(C)CN1C(=O)C(=O)/C(=C(/O)c2ccccc2)C1c1ccccc1. The highest BCUT2D eigenvalue weighted by Crippen LogP contribution is 2.39. The van der Waals surface area contributed by atoms with Gasteiger partial charge in [-0.1, -0.05) is 74.5 Å². The summed E-state index contributed by atoms with van der Waals surface area (Å²) in [5.74, 6) is -1.10. The molecule has 0 spiro atoms. The average Bonchev–Trinajstić information content (AvgIpc) is 2.87. The third-order valence-electron chi connectivity index (χ3n) is 4.26. The van der Waals surface area contributed by atoms with Gasteiger partial charge in [0.2, 0.25) is 0 Å². The molecule has 1 aliphatic heterocycles. The van der Waals surface area contributed by atoms with Crippen molar-refractivity contribution in [1.82, 2.24) is 4.90 Å². The standard InChI is InChI=1S/C21H21NO3/c1-14(2)13-22-18(15-9-5-3-6-10-15)17(20(24)21(22)25)19(23)16-11-7-4-8-12-16/h3-12,14,18,23H,13H2,1-2H3/b19-17+. The summed E-state index contributed by atoms with van der Waals surface area (Å²) < 4.78 is 0. The number of amides is 1. The van der Waals surface area contributed by atoms with E-state index in [1.807, 2.05) is 50.2 Å². The Morgan fingerprint density at radius 1 is 1.00 bits per heavy atom. The zero-order valence-corrected chi connectivity index (χ0v) is 14.3. The number of carbonyl (C=O) groups excluding carboxylic acids is 2. The molecule has 1 aliphatic rings. The predicted octanol–water partition coefficient (Wildman–Crippen LogP) is 3.76. The molecule has 1 fully saturated rings. The molecule has 1 atom stereocenters. The summed E-state index contributed by atoms with van der Waals surface area (Å²) in [7, 11) is 0. The van der Waals surface area contributed by atoms with Crippen molar-refractivity contribution in [3.05, 3.63) is 77.4 Å². The minimum atomic E-state index is -0.629. The van der Waals surface area contributed by atoms with Crippen LogP contribution in [-0.4, -0.2) is 28.2 Å². The van der Waals surface area contributed by atoms with Gasteiger partial charge in [0.25, 0.3) is 11.7 Å². The van der Waals surface area contributed by atoms with Crippen LogP contribution >= 0.6 is 0 Å². The largest absolute Gasteiger partial charge is 0.507 e. The molecular weight excluding hydrogens is 314 g/mol. The van der Waals surface area contributed by atoms with E-state index >= 15 is 0 Å². The van der Waals surface area contributed by atoms with Gasteiger partial charge in [0.15, 0.2) is 0 Å². The Kier molecular flexibility index (Phi) is 4.70. The lowest BCUT2D eigenvalue weighted by atomic mass is 9.95. The molecule has 0 bridgehead atoms. The van der Waals surface area contributed by atoms with Crippen LogP contribution in [-0.2, 0) is 9.59 Å². The van der Waals surface area contributed by atoms with Crippen LogP contribution in [0.15, 0.2) is 66.2 Å². The molecule has 3 rings (SSSR count). The zero-order valence-electron chi connectivity index (χ0n) is 14.3. The van der Waals surface area contributed by atoms with E-state index in [1.54, 1.807) is 29.2 Å². The van der Waals surface area contributed by atoms with E-state index in [4.69, 9.17) is 0 Å². The summed E-state index contributed by atoms with van der Waals surface area (Å²) in [4.78, 5) is 26.9. The van der Waals surface area contributed by atoms with Crippen LogP contribution in [0.5, 0.6) is 0 Å². The minimum absolute atomic E-state index is 0.126. The first-order chi connectivity index (χ1) is 12.0. The quantitative estimate of drug-likeness (QED) is 0.526. The molecule has 0 aliphatic carbocycles. The lowest BCUT2D eigenvalue weighted by Crippen LogP contribution is -2.33. The van der Waals surface area contributed by atoms with Gasteiger partial charge < -0.3 is 10.0 Å². The Labute approximate surface area is 147 Å². The van der Waals surface area contributed by atoms with Crippen molar-refractivity contribution in [2.24, 2.45) is 5.92 Å². The summed E-state index contributed by atoms with van der Waals surface area (Å²) in [6, 6.07) is 17.7. The van der Waals surface area contributed by atoms with Crippen molar-refractivity contribution in [3.63, 3.8) is 0 Å². The highest BCUT2D eigenvalue weighted by Gasteiger charge is 2.45. The zero-order chi connectivity index (χ0) is 18.0. The van der Waals surface area contributed by atoms with E-state index in [0.29, 0.717) is 12.1 Å². The second-order valence-corrected chi connectivity index (χ2v) is 6.62. The van der Waals surface area contributed by atoms with E-state index in [0.717, 1.165) is 5.56 Å². The maximum Gasteiger partial charge on any atom is 0.295 e.